The number of aromatic nitrogens is 1. The molecule has 0 atom stereocenters. The van der Waals surface area contributed by atoms with Crippen LogP contribution in [0.2, 0.25) is 10.2 Å². The molecule has 19 heavy (non-hydrogen) atoms. The second-order valence-corrected chi connectivity index (χ2v) is 5.32. The van der Waals surface area contributed by atoms with Gasteiger partial charge >= 0.3 is 0 Å². The molecule has 1 aromatic carbocycles. The second kappa shape index (κ2) is 6.28. The van der Waals surface area contributed by atoms with Crippen molar-refractivity contribution in [3.8, 4) is 0 Å². The van der Waals surface area contributed by atoms with Gasteiger partial charge in [0.15, 0.2) is 0 Å². The number of rotatable bonds is 3. The highest BCUT2D eigenvalue weighted by Crippen LogP contribution is 2.20. The van der Waals surface area contributed by atoms with E-state index in [0.29, 0.717) is 5.69 Å². The smallest absolute Gasteiger partial charge is 0.275 e. The van der Waals surface area contributed by atoms with Crippen molar-refractivity contribution in [2.45, 2.75) is 4.90 Å². The lowest BCUT2D eigenvalue weighted by atomic mass is 10.3. The van der Waals surface area contributed by atoms with Crippen molar-refractivity contribution in [2.24, 2.45) is 0 Å². The molecular formula is C13H10Cl2N2OS. The van der Waals surface area contributed by atoms with E-state index >= 15 is 0 Å². The molecule has 1 aromatic heterocycles. The van der Waals surface area contributed by atoms with Crippen LogP contribution in [0.15, 0.2) is 41.3 Å². The molecule has 0 unspecified atom stereocenters. The fourth-order valence-electron chi connectivity index (χ4n) is 1.44. The number of benzene rings is 1. The summed E-state index contributed by atoms with van der Waals surface area (Å²) in [5.74, 6) is -0.385. The van der Waals surface area contributed by atoms with E-state index in [0.717, 1.165) is 4.90 Å². The number of carbonyl (C=O) groups is 1. The summed E-state index contributed by atoms with van der Waals surface area (Å²) in [5, 5.41) is 3.22. The first-order chi connectivity index (χ1) is 9.10. The summed E-state index contributed by atoms with van der Waals surface area (Å²) >= 11 is 13.3. The van der Waals surface area contributed by atoms with Gasteiger partial charge in [0.1, 0.15) is 10.8 Å². The average Bonchev–Trinajstić information content (AvgIpc) is 2.42. The van der Waals surface area contributed by atoms with Gasteiger partial charge in [-0.05, 0) is 42.7 Å². The molecule has 6 heteroatoms. The topological polar surface area (TPSA) is 42.0 Å². The quantitative estimate of drug-likeness (QED) is 0.676. The van der Waals surface area contributed by atoms with Crippen molar-refractivity contribution >= 4 is 46.6 Å². The number of halogens is 2. The molecule has 0 fully saturated rings. The van der Waals surface area contributed by atoms with Crippen LogP contribution in [-0.4, -0.2) is 17.1 Å². The van der Waals surface area contributed by atoms with Crippen LogP contribution in [0.5, 0.6) is 0 Å². The van der Waals surface area contributed by atoms with Gasteiger partial charge in [0, 0.05) is 10.6 Å². The summed E-state index contributed by atoms with van der Waals surface area (Å²) in [6.45, 7) is 0. The molecule has 0 aliphatic carbocycles. The van der Waals surface area contributed by atoms with Gasteiger partial charge in [-0.25, -0.2) is 4.98 Å². The lowest BCUT2D eigenvalue weighted by Crippen LogP contribution is -2.14. The summed E-state index contributed by atoms with van der Waals surface area (Å²) in [6.07, 6.45) is 1.99. The Kier molecular flexibility index (Phi) is 4.69. The number of amides is 1. The molecule has 1 amide bonds. The minimum absolute atomic E-state index is 0.114. The first kappa shape index (κ1) is 14.2. The number of nitrogens with one attached hydrogen (secondary N) is 1. The highest BCUT2D eigenvalue weighted by molar-refractivity contribution is 7.98. The lowest BCUT2D eigenvalue weighted by Gasteiger charge is -2.06. The third-order valence-corrected chi connectivity index (χ3v) is 3.63. The molecule has 0 bridgehead atoms. The number of nitrogens with zero attached hydrogens (tertiary/aromatic N) is 1. The lowest BCUT2D eigenvalue weighted by molar-refractivity contribution is 0.102. The summed E-state index contributed by atoms with van der Waals surface area (Å²) in [7, 11) is 0. The van der Waals surface area contributed by atoms with E-state index in [9.17, 15) is 4.79 Å². The minimum Gasteiger partial charge on any atom is -0.321 e. The van der Waals surface area contributed by atoms with Crippen LogP contribution in [0, 0.1) is 0 Å². The molecular weight excluding hydrogens is 303 g/mol. The molecule has 0 aliphatic rings. The molecule has 3 nitrogen and oxygen atoms in total. The predicted molar refractivity (Wildman–Crippen MR) is 80.4 cm³/mol. The van der Waals surface area contributed by atoms with Gasteiger partial charge in [0.05, 0.1) is 5.02 Å². The van der Waals surface area contributed by atoms with Crippen LogP contribution in [0.1, 0.15) is 10.5 Å². The SMILES string of the molecule is CSc1ccc(NC(=O)c2nc(Cl)ccc2Cl)cc1. The standard InChI is InChI=1S/C13H10Cl2N2OS/c1-19-9-4-2-8(3-5-9)16-13(18)12-10(14)6-7-11(15)17-12/h2-7H,1H3,(H,16,18). The Morgan fingerprint density at radius 3 is 2.47 bits per heavy atom. The van der Waals surface area contributed by atoms with E-state index in [1.807, 2.05) is 30.5 Å². The molecule has 1 heterocycles. The third-order valence-electron chi connectivity index (χ3n) is 2.37. The van der Waals surface area contributed by atoms with Crippen molar-refractivity contribution < 1.29 is 4.79 Å². The molecule has 2 rings (SSSR count). The monoisotopic (exact) mass is 312 g/mol. The van der Waals surface area contributed by atoms with Crippen LogP contribution in [0.3, 0.4) is 0 Å². The molecule has 2 aromatic rings. The second-order valence-electron chi connectivity index (χ2n) is 3.65. The highest BCUT2D eigenvalue weighted by Gasteiger charge is 2.13. The van der Waals surface area contributed by atoms with Gasteiger partial charge in [-0.1, -0.05) is 23.2 Å². The van der Waals surface area contributed by atoms with Gasteiger partial charge in [0.2, 0.25) is 0 Å². The number of carbonyl (C=O) groups excluding carboxylic acids is 1. The zero-order valence-corrected chi connectivity index (χ0v) is 12.3. The Morgan fingerprint density at radius 2 is 1.84 bits per heavy atom. The van der Waals surface area contributed by atoms with E-state index < -0.39 is 0 Å². The maximum Gasteiger partial charge on any atom is 0.275 e. The number of pyridine rings is 1. The van der Waals surface area contributed by atoms with Crippen LogP contribution < -0.4 is 5.32 Å². The maximum atomic E-state index is 12.0. The molecule has 0 aliphatic heterocycles. The van der Waals surface area contributed by atoms with E-state index in [4.69, 9.17) is 23.2 Å². The first-order valence-electron chi connectivity index (χ1n) is 5.37. The Morgan fingerprint density at radius 1 is 1.16 bits per heavy atom. The number of hydrogen-bond donors (Lipinski definition) is 1. The molecule has 1 N–H and O–H groups in total. The minimum atomic E-state index is -0.385. The molecule has 98 valence electrons. The van der Waals surface area contributed by atoms with Gasteiger partial charge < -0.3 is 5.32 Å². The van der Waals surface area contributed by atoms with Crippen LogP contribution in [0.25, 0.3) is 0 Å². The Balaban J connectivity index is 2.18. The van der Waals surface area contributed by atoms with Crippen molar-refractivity contribution in [3.63, 3.8) is 0 Å². The van der Waals surface area contributed by atoms with Gasteiger partial charge in [-0.3, -0.25) is 4.79 Å². The molecule has 0 spiro atoms. The number of hydrogen-bond acceptors (Lipinski definition) is 3. The fraction of sp³-hybridized carbons (Fsp3) is 0.0769. The van der Waals surface area contributed by atoms with Crippen LogP contribution in [0.4, 0.5) is 5.69 Å². The summed E-state index contributed by atoms with van der Waals surface area (Å²) in [5.41, 5.74) is 0.795. The number of thioether (sulfide) groups is 1. The number of anilines is 1. The largest absolute Gasteiger partial charge is 0.321 e. The van der Waals surface area contributed by atoms with Gasteiger partial charge in [0.25, 0.3) is 5.91 Å². The van der Waals surface area contributed by atoms with E-state index in [1.165, 1.54) is 6.07 Å². The summed E-state index contributed by atoms with van der Waals surface area (Å²) < 4.78 is 0. The van der Waals surface area contributed by atoms with Gasteiger partial charge in [-0.15, -0.1) is 11.8 Å². The van der Waals surface area contributed by atoms with Crippen molar-refractivity contribution in [1.82, 2.24) is 4.98 Å². The van der Waals surface area contributed by atoms with Crippen molar-refractivity contribution in [2.75, 3.05) is 11.6 Å². The van der Waals surface area contributed by atoms with Crippen molar-refractivity contribution in [3.05, 3.63) is 52.3 Å². The Bertz CT molecular complexity index is 602. The fourth-order valence-corrected chi connectivity index (χ4v) is 2.19. The first-order valence-corrected chi connectivity index (χ1v) is 7.35. The van der Waals surface area contributed by atoms with Crippen LogP contribution >= 0.6 is 35.0 Å². The molecule has 0 radical (unpaired) electrons. The highest BCUT2D eigenvalue weighted by atomic mass is 35.5. The molecule has 0 saturated heterocycles. The zero-order chi connectivity index (χ0) is 13.8. The average molecular weight is 313 g/mol. The van der Waals surface area contributed by atoms with Crippen LogP contribution in [-0.2, 0) is 0 Å². The third kappa shape index (κ3) is 3.62. The normalized spacial score (nSPS) is 10.3. The Hall–Kier alpha value is -1.23. The van der Waals surface area contributed by atoms with Gasteiger partial charge in [-0.2, -0.15) is 0 Å². The maximum absolute atomic E-state index is 12.0. The summed E-state index contributed by atoms with van der Waals surface area (Å²) in [4.78, 5) is 17.1. The predicted octanol–water partition coefficient (Wildman–Crippen LogP) is 4.36. The van der Waals surface area contributed by atoms with E-state index in [1.54, 1.807) is 17.8 Å². The molecule has 0 saturated carbocycles. The Labute approximate surface area is 125 Å². The van der Waals surface area contributed by atoms with E-state index in [2.05, 4.69) is 10.3 Å². The van der Waals surface area contributed by atoms with E-state index in [-0.39, 0.29) is 21.8 Å². The summed E-state index contributed by atoms with van der Waals surface area (Å²) in [6, 6.07) is 10.6. The zero-order valence-electron chi connectivity index (χ0n) is 9.98. The van der Waals surface area contributed by atoms with Crippen molar-refractivity contribution in [1.29, 1.82) is 0 Å².